The molecule has 0 bridgehead atoms. The Morgan fingerprint density at radius 1 is 1.00 bits per heavy atom. The van der Waals surface area contributed by atoms with Gasteiger partial charge < -0.3 is 9.64 Å². The van der Waals surface area contributed by atoms with Crippen LogP contribution in [0.5, 0.6) is 0 Å². The standard InChI is InChI=1S/C20H21NO2S/c22-20(21-11-9-14(24)10-12-21)23-13-19-17-7-3-1-5-15(17)16-6-2-4-8-18(16)19/h1-8,14,19,24H,9-13H2. The van der Waals surface area contributed by atoms with Crippen LogP contribution in [0.2, 0.25) is 0 Å². The number of hydrogen-bond acceptors (Lipinski definition) is 3. The fourth-order valence-electron chi connectivity index (χ4n) is 3.73. The Hall–Kier alpha value is -1.94. The first kappa shape index (κ1) is 15.6. The van der Waals surface area contributed by atoms with E-state index in [1.165, 1.54) is 22.3 Å². The number of likely N-dealkylation sites (tertiary alicyclic amines) is 1. The van der Waals surface area contributed by atoms with Gasteiger partial charge in [-0.2, -0.15) is 12.6 Å². The highest BCUT2D eigenvalue weighted by Gasteiger charge is 2.30. The van der Waals surface area contributed by atoms with Crippen LogP contribution in [0.1, 0.15) is 29.9 Å². The van der Waals surface area contributed by atoms with Crippen molar-refractivity contribution in [3.05, 3.63) is 59.7 Å². The van der Waals surface area contributed by atoms with E-state index >= 15 is 0 Å². The maximum absolute atomic E-state index is 12.4. The summed E-state index contributed by atoms with van der Waals surface area (Å²) in [5, 5.41) is 0.405. The third-order valence-electron chi connectivity index (χ3n) is 5.06. The highest BCUT2D eigenvalue weighted by Crippen LogP contribution is 2.44. The predicted octanol–water partition coefficient (Wildman–Crippen LogP) is 4.33. The SMILES string of the molecule is O=C(OCC1c2ccccc2-c2ccccc21)N1CCC(S)CC1. The van der Waals surface area contributed by atoms with Crippen molar-refractivity contribution in [2.75, 3.05) is 19.7 Å². The largest absolute Gasteiger partial charge is 0.448 e. The summed E-state index contributed by atoms with van der Waals surface area (Å²) in [6.45, 7) is 1.88. The van der Waals surface area contributed by atoms with Crippen LogP contribution < -0.4 is 0 Å². The molecule has 24 heavy (non-hydrogen) atoms. The van der Waals surface area contributed by atoms with Crippen molar-refractivity contribution in [3.63, 3.8) is 0 Å². The van der Waals surface area contributed by atoms with Gasteiger partial charge in [-0.15, -0.1) is 0 Å². The summed E-state index contributed by atoms with van der Waals surface area (Å²) >= 11 is 4.48. The van der Waals surface area contributed by atoms with Gasteiger partial charge in [0.2, 0.25) is 0 Å². The summed E-state index contributed by atoms with van der Waals surface area (Å²) in [4.78, 5) is 14.2. The molecule has 2 aliphatic rings. The van der Waals surface area contributed by atoms with Gasteiger partial charge in [0.15, 0.2) is 0 Å². The number of hydrogen-bond donors (Lipinski definition) is 1. The number of rotatable bonds is 2. The smallest absolute Gasteiger partial charge is 0.409 e. The van der Waals surface area contributed by atoms with E-state index in [1.54, 1.807) is 4.90 Å². The van der Waals surface area contributed by atoms with Gasteiger partial charge in [-0.25, -0.2) is 4.79 Å². The van der Waals surface area contributed by atoms with Crippen molar-refractivity contribution in [2.24, 2.45) is 0 Å². The number of carbonyl (C=O) groups excluding carboxylic acids is 1. The zero-order chi connectivity index (χ0) is 16.5. The molecule has 3 nitrogen and oxygen atoms in total. The minimum Gasteiger partial charge on any atom is -0.448 e. The van der Waals surface area contributed by atoms with Gasteiger partial charge in [-0.1, -0.05) is 48.5 Å². The normalized spacial score (nSPS) is 17.5. The number of carbonyl (C=O) groups is 1. The van der Waals surface area contributed by atoms with Crippen molar-refractivity contribution in [3.8, 4) is 11.1 Å². The molecule has 1 saturated heterocycles. The van der Waals surface area contributed by atoms with Crippen LogP contribution in [0.4, 0.5) is 4.79 Å². The fraction of sp³-hybridized carbons (Fsp3) is 0.350. The van der Waals surface area contributed by atoms with E-state index in [9.17, 15) is 4.79 Å². The van der Waals surface area contributed by atoms with E-state index in [0.717, 1.165) is 25.9 Å². The maximum Gasteiger partial charge on any atom is 0.409 e. The number of benzene rings is 2. The lowest BCUT2D eigenvalue weighted by Gasteiger charge is -2.29. The molecule has 0 aromatic heterocycles. The van der Waals surface area contributed by atoms with E-state index in [-0.39, 0.29) is 12.0 Å². The van der Waals surface area contributed by atoms with Gasteiger partial charge in [0, 0.05) is 24.3 Å². The van der Waals surface area contributed by atoms with Gasteiger partial charge in [0.25, 0.3) is 0 Å². The summed E-state index contributed by atoms with van der Waals surface area (Å²) in [5.74, 6) is 0.128. The zero-order valence-electron chi connectivity index (χ0n) is 13.5. The molecule has 0 saturated carbocycles. The van der Waals surface area contributed by atoms with Gasteiger partial charge in [0.05, 0.1) is 0 Å². The van der Waals surface area contributed by atoms with Crippen molar-refractivity contribution in [1.82, 2.24) is 4.90 Å². The Kier molecular flexibility index (Phi) is 4.23. The second-order valence-corrected chi connectivity index (χ2v) is 7.25. The number of ether oxygens (including phenoxy) is 1. The van der Waals surface area contributed by atoms with Gasteiger partial charge >= 0.3 is 6.09 Å². The molecular weight excluding hydrogens is 318 g/mol. The summed E-state index contributed by atoms with van der Waals surface area (Å²) in [6.07, 6.45) is 1.68. The highest BCUT2D eigenvalue weighted by molar-refractivity contribution is 7.80. The minimum absolute atomic E-state index is 0.128. The van der Waals surface area contributed by atoms with Crippen LogP contribution in [-0.4, -0.2) is 35.9 Å². The molecule has 0 radical (unpaired) electrons. The van der Waals surface area contributed by atoms with Crippen LogP contribution in [0, 0.1) is 0 Å². The lowest BCUT2D eigenvalue weighted by atomic mass is 9.98. The molecule has 1 fully saturated rings. The molecule has 0 N–H and O–H groups in total. The van der Waals surface area contributed by atoms with E-state index in [0.29, 0.717) is 11.9 Å². The van der Waals surface area contributed by atoms with Crippen LogP contribution in [-0.2, 0) is 4.74 Å². The lowest BCUT2D eigenvalue weighted by molar-refractivity contribution is 0.0936. The molecule has 0 atom stereocenters. The molecule has 1 aliphatic carbocycles. The Bertz CT molecular complexity index is 707. The van der Waals surface area contributed by atoms with Crippen LogP contribution in [0.15, 0.2) is 48.5 Å². The Balaban J connectivity index is 1.50. The van der Waals surface area contributed by atoms with Gasteiger partial charge in [-0.05, 0) is 35.1 Å². The molecule has 1 aliphatic heterocycles. The molecular formula is C20H21NO2S. The fourth-order valence-corrected chi connectivity index (χ4v) is 3.96. The van der Waals surface area contributed by atoms with E-state index < -0.39 is 0 Å². The van der Waals surface area contributed by atoms with E-state index in [2.05, 4.69) is 61.2 Å². The van der Waals surface area contributed by atoms with Crippen molar-refractivity contribution in [1.29, 1.82) is 0 Å². The molecule has 2 aromatic carbocycles. The average molecular weight is 339 g/mol. The van der Waals surface area contributed by atoms with Gasteiger partial charge in [0.1, 0.15) is 6.61 Å². The van der Waals surface area contributed by atoms with Crippen LogP contribution in [0.25, 0.3) is 11.1 Å². The molecule has 1 heterocycles. The molecule has 1 amide bonds. The predicted molar refractivity (Wildman–Crippen MR) is 98.7 cm³/mol. The summed E-state index contributed by atoms with van der Waals surface area (Å²) in [7, 11) is 0. The lowest BCUT2D eigenvalue weighted by Crippen LogP contribution is -2.39. The third-order valence-corrected chi connectivity index (χ3v) is 5.58. The Morgan fingerprint density at radius 3 is 2.12 bits per heavy atom. The van der Waals surface area contributed by atoms with E-state index in [1.807, 2.05) is 0 Å². The van der Waals surface area contributed by atoms with Crippen molar-refractivity contribution in [2.45, 2.75) is 24.0 Å². The monoisotopic (exact) mass is 339 g/mol. The average Bonchev–Trinajstić information content (AvgIpc) is 2.94. The van der Waals surface area contributed by atoms with Crippen LogP contribution in [0.3, 0.4) is 0 Å². The minimum atomic E-state index is -0.197. The summed E-state index contributed by atoms with van der Waals surface area (Å²) in [5.41, 5.74) is 5.01. The molecule has 0 unspecified atom stereocenters. The first-order valence-corrected chi connectivity index (χ1v) is 9.03. The zero-order valence-corrected chi connectivity index (χ0v) is 14.4. The second-order valence-electron chi connectivity index (χ2n) is 6.52. The first-order chi connectivity index (χ1) is 11.7. The van der Waals surface area contributed by atoms with Crippen molar-refractivity contribution < 1.29 is 9.53 Å². The summed E-state index contributed by atoms with van der Waals surface area (Å²) in [6, 6.07) is 16.8. The van der Waals surface area contributed by atoms with E-state index in [4.69, 9.17) is 4.74 Å². The molecule has 0 spiro atoms. The number of piperidine rings is 1. The van der Waals surface area contributed by atoms with Crippen LogP contribution >= 0.6 is 12.6 Å². The number of amides is 1. The number of thiol groups is 1. The summed E-state index contributed by atoms with van der Waals surface area (Å²) < 4.78 is 5.68. The molecule has 4 rings (SSSR count). The number of nitrogens with zero attached hydrogens (tertiary/aromatic N) is 1. The topological polar surface area (TPSA) is 29.5 Å². The Morgan fingerprint density at radius 2 is 1.54 bits per heavy atom. The Labute approximate surface area is 148 Å². The highest BCUT2D eigenvalue weighted by atomic mass is 32.1. The molecule has 124 valence electrons. The maximum atomic E-state index is 12.4. The quantitative estimate of drug-likeness (QED) is 0.825. The number of fused-ring (bicyclic) bond motifs is 3. The van der Waals surface area contributed by atoms with Gasteiger partial charge in [-0.3, -0.25) is 0 Å². The first-order valence-electron chi connectivity index (χ1n) is 8.52. The molecule has 4 heteroatoms. The second kappa shape index (κ2) is 6.52. The molecule has 2 aromatic rings. The third kappa shape index (κ3) is 2.80. The van der Waals surface area contributed by atoms with Crippen molar-refractivity contribution >= 4 is 18.7 Å².